The third-order valence-corrected chi connectivity index (χ3v) is 4.96. The number of fused-ring (bicyclic) bond motifs is 1. The second-order valence-electron chi connectivity index (χ2n) is 7.24. The fraction of sp³-hybridized carbons (Fsp3) is 0.182. The van der Waals surface area contributed by atoms with E-state index in [0.717, 1.165) is 5.56 Å². The van der Waals surface area contributed by atoms with Crippen LogP contribution < -0.4 is 26.7 Å². The first-order valence-electron chi connectivity index (χ1n) is 9.95. The van der Waals surface area contributed by atoms with Gasteiger partial charge in [0.1, 0.15) is 17.0 Å². The Kier molecular flexibility index (Phi) is 5.96. The molecule has 0 radical (unpaired) electrons. The van der Waals surface area contributed by atoms with E-state index in [-0.39, 0.29) is 16.9 Å². The summed E-state index contributed by atoms with van der Waals surface area (Å²) in [6.07, 6.45) is 1.67. The zero-order valence-electron chi connectivity index (χ0n) is 18.3. The molecule has 0 spiro atoms. The number of aromatic amines is 1. The maximum atomic E-state index is 12.8. The predicted octanol–water partition coefficient (Wildman–Crippen LogP) is 2.40. The lowest BCUT2D eigenvalue weighted by Crippen LogP contribution is -2.14. The molecule has 11 heteroatoms. The number of nitrogens with two attached hydrogens (primary N) is 1. The van der Waals surface area contributed by atoms with Crippen molar-refractivity contribution >= 4 is 40.0 Å². The van der Waals surface area contributed by atoms with Gasteiger partial charge in [0.25, 0.3) is 11.5 Å². The number of para-hydroxylation sites is 1. The monoisotopic (exact) mass is 449 g/mol. The fourth-order valence-corrected chi connectivity index (χ4v) is 3.51. The molecule has 0 fully saturated rings. The summed E-state index contributed by atoms with van der Waals surface area (Å²) >= 11 is 0. The van der Waals surface area contributed by atoms with Crippen LogP contribution in [0.25, 0.3) is 11.0 Å². The molecule has 0 aliphatic carbocycles. The van der Waals surface area contributed by atoms with Gasteiger partial charge in [-0.3, -0.25) is 19.4 Å². The molecule has 11 nitrogen and oxygen atoms in total. The van der Waals surface area contributed by atoms with Crippen LogP contribution >= 0.6 is 0 Å². The van der Waals surface area contributed by atoms with Crippen molar-refractivity contribution in [2.75, 3.05) is 24.9 Å². The SMILES string of the molecule is COCc1ccnc(Nc2cc(Nc3cccc(C(N)=O)c3OC)c3c(=O)n(C)[nH]c3n2)c1. The van der Waals surface area contributed by atoms with Crippen LogP contribution in [0.4, 0.5) is 23.0 Å². The van der Waals surface area contributed by atoms with Crippen LogP contribution in [0.2, 0.25) is 0 Å². The number of carbonyl (C=O) groups is 1. The Morgan fingerprint density at radius 1 is 1.15 bits per heavy atom. The molecule has 0 unspecified atom stereocenters. The van der Waals surface area contributed by atoms with Gasteiger partial charge < -0.3 is 25.8 Å². The number of nitrogens with one attached hydrogen (secondary N) is 3. The Labute approximate surface area is 188 Å². The first-order valence-corrected chi connectivity index (χ1v) is 9.95. The van der Waals surface area contributed by atoms with Crippen LogP contribution in [0.5, 0.6) is 5.75 Å². The number of methoxy groups -OCH3 is 2. The van der Waals surface area contributed by atoms with Crippen LogP contribution in [0.1, 0.15) is 15.9 Å². The molecule has 33 heavy (non-hydrogen) atoms. The highest BCUT2D eigenvalue weighted by Crippen LogP contribution is 2.34. The standard InChI is InChI=1S/C22H23N7O4/c1-29-22(31)18-15(25-14-6-4-5-13(20(23)30)19(14)33-3)10-17(27-21(18)28-29)26-16-9-12(11-32-2)7-8-24-16/h4-10H,11H2,1-3H3,(H2,23,30)(H3,24,25,26,27,28). The molecule has 0 saturated carbocycles. The first kappa shape index (κ1) is 21.8. The maximum absolute atomic E-state index is 12.8. The topological polar surface area (TPSA) is 149 Å². The average molecular weight is 449 g/mol. The van der Waals surface area contributed by atoms with Crippen molar-refractivity contribution < 1.29 is 14.3 Å². The Hall–Kier alpha value is -4.38. The number of amides is 1. The zero-order valence-corrected chi connectivity index (χ0v) is 18.3. The highest BCUT2D eigenvalue weighted by Gasteiger charge is 2.18. The summed E-state index contributed by atoms with van der Waals surface area (Å²) in [4.78, 5) is 33.4. The van der Waals surface area contributed by atoms with Crippen molar-refractivity contribution in [1.29, 1.82) is 0 Å². The number of benzene rings is 1. The van der Waals surface area contributed by atoms with E-state index in [1.165, 1.54) is 11.8 Å². The molecule has 1 amide bonds. The Morgan fingerprint density at radius 2 is 1.97 bits per heavy atom. The predicted molar refractivity (Wildman–Crippen MR) is 124 cm³/mol. The summed E-state index contributed by atoms with van der Waals surface area (Å²) in [5.41, 5.74) is 7.65. The molecular formula is C22H23N7O4. The highest BCUT2D eigenvalue weighted by atomic mass is 16.5. The molecular weight excluding hydrogens is 426 g/mol. The quantitative estimate of drug-likeness (QED) is 0.320. The third kappa shape index (κ3) is 4.34. The Balaban J connectivity index is 1.80. The largest absolute Gasteiger partial charge is 0.494 e. The number of hydrogen-bond donors (Lipinski definition) is 4. The van der Waals surface area contributed by atoms with Crippen LogP contribution in [0.15, 0.2) is 47.4 Å². The number of aromatic nitrogens is 4. The molecule has 3 heterocycles. The number of pyridine rings is 2. The van der Waals surface area contributed by atoms with Gasteiger partial charge in [0.05, 0.1) is 30.7 Å². The molecule has 0 aliphatic heterocycles. The lowest BCUT2D eigenvalue weighted by Gasteiger charge is -2.15. The van der Waals surface area contributed by atoms with Gasteiger partial charge in [-0.1, -0.05) is 6.07 Å². The van der Waals surface area contributed by atoms with Gasteiger partial charge in [-0.15, -0.1) is 0 Å². The molecule has 170 valence electrons. The summed E-state index contributed by atoms with van der Waals surface area (Å²) in [7, 11) is 4.66. The molecule has 0 atom stereocenters. The molecule has 1 aromatic carbocycles. The normalized spacial score (nSPS) is 10.9. The number of ether oxygens (including phenoxy) is 2. The number of primary amides is 1. The van der Waals surface area contributed by atoms with E-state index in [1.807, 2.05) is 12.1 Å². The van der Waals surface area contributed by atoms with Crippen molar-refractivity contribution in [3.05, 3.63) is 64.1 Å². The number of hydrogen-bond acceptors (Lipinski definition) is 8. The third-order valence-electron chi connectivity index (χ3n) is 4.96. The molecule has 0 saturated heterocycles. The highest BCUT2D eigenvalue weighted by molar-refractivity contribution is 5.99. The van der Waals surface area contributed by atoms with E-state index in [9.17, 15) is 9.59 Å². The van der Waals surface area contributed by atoms with E-state index in [0.29, 0.717) is 40.7 Å². The number of carbonyl (C=O) groups excluding carboxylic acids is 1. The van der Waals surface area contributed by atoms with E-state index in [4.69, 9.17) is 15.2 Å². The van der Waals surface area contributed by atoms with E-state index in [1.54, 1.807) is 44.6 Å². The maximum Gasteiger partial charge on any atom is 0.277 e. The molecule has 0 aliphatic rings. The van der Waals surface area contributed by atoms with Gasteiger partial charge in [0.15, 0.2) is 11.4 Å². The number of nitrogens with zero attached hydrogens (tertiary/aromatic N) is 3. The summed E-state index contributed by atoms with van der Waals surface area (Å²) in [6, 6.07) is 10.3. The minimum absolute atomic E-state index is 0.215. The summed E-state index contributed by atoms with van der Waals surface area (Å²) in [5, 5.41) is 9.62. The summed E-state index contributed by atoms with van der Waals surface area (Å²) < 4.78 is 11.9. The van der Waals surface area contributed by atoms with E-state index < -0.39 is 5.91 Å². The molecule has 4 rings (SSSR count). The van der Waals surface area contributed by atoms with Gasteiger partial charge >= 0.3 is 0 Å². The minimum atomic E-state index is -0.627. The van der Waals surface area contributed by atoms with Crippen LogP contribution in [0, 0.1) is 0 Å². The van der Waals surface area contributed by atoms with Crippen molar-refractivity contribution in [2.45, 2.75) is 6.61 Å². The smallest absolute Gasteiger partial charge is 0.277 e. The van der Waals surface area contributed by atoms with Gasteiger partial charge in [0, 0.05) is 26.4 Å². The Morgan fingerprint density at radius 3 is 2.70 bits per heavy atom. The van der Waals surface area contributed by atoms with Crippen LogP contribution in [-0.4, -0.2) is 39.9 Å². The molecule has 0 bridgehead atoms. The second kappa shape index (κ2) is 9.01. The van der Waals surface area contributed by atoms with Gasteiger partial charge in [0.2, 0.25) is 0 Å². The molecule has 3 aromatic heterocycles. The number of anilines is 4. The molecule has 4 aromatic rings. The summed E-state index contributed by atoms with van der Waals surface area (Å²) in [5.74, 6) is 0.649. The second-order valence-corrected chi connectivity index (χ2v) is 7.24. The lowest BCUT2D eigenvalue weighted by molar-refractivity contribution is 0.0997. The number of H-pyrrole nitrogens is 1. The van der Waals surface area contributed by atoms with Gasteiger partial charge in [-0.25, -0.2) is 9.97 Å². The van der Waals surface area contributed by atoms with Gasteiger partial charge in [-0.05, 0) is 29.8 Å². The Bertz CT molecular complexity index is 1390. The van der Waals surface area contributed by atoms with Crippen molar-refractivity contribution in [3.63, 3.8) is 0 Å². The summed E-state index contributed by atoms with van der Waals surface area (Å²) in [6.45, 7) is 0.443. The van der Waals surface area contributed by atoms with Crippen molar-refractivity contribution in [1.82, 2.24) is 19.7 Å². The molecule has 5 N–H and O–H groups in total. The van der Waals surface area contributed by atoms with Crippen molar-refractivity contribution in [2.24, 2.45) is 12.8 Å². The zero-order chi connectivity index (χ0) is 23.5. The van der Waals surface area contributed by atoms with E-state index >= 15 is 0 Å². The first-order chi connectivity index (χ1) is 15.9. The number of aryl methyl sites for hydroxylation is 1. The lowest BCUT2D eigenvalue weighted by atomic mass is 10.1. The number of rotatable bonds is 8. The fourth-order valence-electron chi connectivity index (χ4n) is 3.51. The average Bonchev–Trinajstić information content (AvgIpc) is 3.07. The van der Waals surface area contributed by atoms with Crippen LogP contribution in [-0.2, 0) is 18.4 Å². The minimum Gasteiger partial charge on any atom is -0.494 e. The van der Waals surface area contributed by atoms with Crippen LogP contribution in [0.3, 0.4) is 0 Å². The van der Waals surface area contributed by atoms with E-state index in [2.05, 4.69) is 25.7 Å². The van der Waals surface area contributed by atoms with Crippen molar-refractivity contribution in [3.8, 4) is 5.75 Å². The van der Waals surface area contributed by atoms with Gasteiger partial charge in [-0.2, -0.15) is 0 Å².